The Kier molecular flexibility index (Phi) is 8.63. The summed E-state index contributed by atoms with van der Waals surface area (Å²) in [7, 11) is 0. The summed E-state index contributed by atoms with van der Waals surface area (Å²) in [6, 6.07) is 21.6. The zero-order valence-corrected chi connectivity index (χ0v) is 28.7. The standard InChI is InChI=1S/C37H32Cl2N2O8S/c38-13-18-15-40(24-11-26(42)20-5-1-3-7-22(20)31(18)24)35(46)29-9-10-30(50-29)36(47)41-16-19(14-39)32-23-8-4-2-6-21(23)28(12-25(32)41)49-37-34(45)33(44)27(43)17-48-37/h1-12,18-19,27,33-34,37,42-45H,13-17H2/t18-,19-,27-,33?,34+,37+/m1/s1. The van der Waals surface area contributed by atoms with E-state index in [4.69, 9.17) is 32.7 Å². The number of nitrogens with zero attached hydrogens (tertiary/aromatic N) is 2. The SMILES string of the molecule is O=C(c1ccc(C(=O)N2C[C@@H](CCl)c3c2cc(O[C@@H]2OC[C@@H](O)C(O)[C@@H]2O)c2ccccc32)s1)N1C[C@@H](CCl)c2c1cc(O)c1ccccc21. The van der Waals surface area contributed by atoms with Crippen molar-refractivity contribution in [1.82, 2.24) is 0 Å². The normalized spacial score (nSPS) is 24.5. The zero-order valence-electron chi connectivity index (χ0n) is 26.4. The van der Waals surface area contributed by atoms with Crippen LogP contribution in [0.1, 0.15) is 42.3 Å². The molecule has 258 valence electrons. The Hall–Kier alpha value is -3.94. The fourth-order valence-corrected chi connectivity index (χ4v) is 8.82. The highest BCUT2D eigenvalue weighted by atomic mass is 35.5. The molecule has 1 saturated heterocycles. The van der Waals surface area contributed by atoms with Crippen molar-refractivity contribution < 1.29 is 39.5 Å². The summed E-state index contributed by atoms with van der Waals surface area (Å²) in [5.41, 5.74) is 2.96. The average molecular weight is 736 g/mol. The molecule has 10 nitrogen and oxygen atoms in total. The molecule has 0 aliphatic carbocycles. The smallest absolute Gasteiger partial charge is 0.268 e. The summed E-state index contributed by atoms with van der Waals surface area (Å²) in [5, 5.41) is 44.6. The van der Waals surface area contributed by atoms with Crippen LogP contribution in [0.25, 0.3) is 21.5 Å². The summed E-state index contributed by atoms with van der Waals surface area (Å²) in [6.45, 7) is 0.412. The second-order valence-electron chi connectivity index (χ2n) is 12.8. The number of aromatic hydroxyl groups is 1. The Balaban J connectivity index is 1.12. The van der Waals surface area contributed by atoms with Gasteiger partial charge in [-0.15, -0.1) is 34.5 Å². The third-order valence-corrected chi connectivity index (χ3v) is 11.7. The Bertz CT molecular complexity index is 2160. The number of phenolic OH excluding ortho intramolecular Hbond substituents is 1. The van der Waals surface area contributed by atoms with Crippen molar-refractivity contribution in [3.8, 4) is 11.5 Å². The summed E-state index contributed by atoms with van der Waals surface area (Å²) < 4.78 is 11.6. The van der Waals surface area contributed by atoms with Crippen molar-refractivity contribution in [2.75, 3.05) is 41.3 Å². The lowest BCUT2D eigenvalue weighted by Gasteiger charge is -2.35. The molecule has 0 bridgehead atoms. The summed E-state index contributed by atoms with van der Waals surface area (Å²) in [5.74, 6) is 0.00496. The zero-order chi connectivity index (χ0) is 34.8. The summed E-state index contributed by atoms with van der Waals surface area (Å²) >= 11 is 14.0. The van der Waals surface area contributed by atoms with Gasteiger partial charge < -0.3 is 39.7 Å². The van der Waals surface area contributed by atoms with Gasteiger partial charge in [0.05, 0.1) is 27.7 Å². The number of aliphatic hydroxyl groups is 3. The van der Waals surface area contributed by atoms with Crippen molar-refractivity contribution in [3.63, 3.8) is 0 Å². The number of hydrogen-bond acceptors (Lipinski definition) is 9. The van der Waals surface area contributed by atoms with Crippen molar-refractivity contribution in [2.24, 2.45) is 0 Å². The first-order chi connectivity index (χ1) is 24.2. The number of amides is 2. The van der Waals surface area contributed by atoms with Gasteiger partial charge in [0.1, 0.15) is 29.8 Å². The minimum absolute atomic E-state index is 0.0742. The molecule has 13 heteroatoms. The number of rotatable bonds is 6. The first kappa shape index (κ1) is 33.2. The van der Waals surface area contributed by atoms with Gasteiger partial charge >= 0.3 is 0 Å². The second kappa shape index (κ2) is 13.0. The first-order valence-electron chi connectivity index (χ1n) is 16.2. The highest BCUT2D eigenvalue weighted by molar-refractivity contribution is 7.16. The van der Waals surface area contributed by atoms with E-state index in [0.29, 0.717) is 56.6 Å². The van der Waals surface area contributed by atoms with E-state index < -0.39 is 24.6 Å². The van der Waals surface area contributed by atoms with Crippen LogP contribution < -0.4 is 14.5 Å². The molecule has 3 aliphatic heterocycles. The number of phenols is 1. The maximum Gasteiger partial charge on any atom is 0.268 e. The van der Waals surface area contributed by atoms with Gasteiger partial charge in [0.15, 0.2) is 0 Å². The Morgan fingerprint density at radius 1 is 0.760 bits per heavy atom. The average Bonchev–Trinajstić information content (AvgIpc) is 3.87. The topological polar surface area (TPSA) is 140 Å². The predicted molar refractivity (Wildman–Crippen MR) is 193 cm³/mol. The van der Waals surface area contributed by atoms with E-state index in [0.717, 1.165) is 33.2 Å². The number of carbonyl (C=O) groups is 2. The lowest BCUT2D eigenvalue weighted by atomic mass is 9.95. The van der Waals surface area contributed by atoms with Crippen LogP contribution in [0.2, 0.25) is 0 Å². The molecule has 1 unspecified atom stereocenters. The molecule has 2 amide bonds. The minimum atomic E-state index is -1.51. The van der Waals surface area contributed by atoms with Crippen LogP contribution in [0.3, 0.4) is 0 Å². The third kappa shape index (κ3) is 5.31. The molecular weight excluding hydrogens is 703 g/mol. The van der Waals surface area contributed by atoms with Crippen molar-refractivity contribution in [3.05, 3.63) is 93.7 Å². The highest BCUT2D eigenvalue weighted by Crippen LogP contribution is 2.48. The van der Waals surface area contributed by atoms with Gasteiger partial charge in [-0.1, -0.05) is 48.5 Å². The van der Waals surface area contributed by atoms with E-state index >= 15 is 0 Å². The van der Waals surface area contributed by atoms with Gasteiger partial charge in [-0.3, -0.25) is 9.59 Å². The van der Waals surface area contributed by atoms with E-state index in [2.05, 4.69) is 0 Å². The molecule has 4 heterocycles. The molecule has 4 N–H and O–H groups in total. The lowest BCUT2D eigenvalue weighted by molar-refractivity contribution is -0.241. The molecule has 50 heavy (non-hydrogen) atoms. The molecule has 4 aromatic carbocycles. The van der Waals surface area contributed by atoms with Crippen molar-refractivity contribution in [1.29, 1.82) is 0 Å². The Morgan fingerprint density at radius 3 is 1.86 bits per heavy atom. The summed E-state index contributed by atoms with van der Waals surface area (Å²) in [4.78, 5) is 32.2. The monoisotopic (exact) mass is 734 g/mol. The number of carbonyl (C=O) groups excluding carboxylic acids is 2. The van der Waals surface area contributed by atoms with Crippen LogP contribution in [0.5, 0.6) is 11.5 Å². The molecule has 3 aliphatic rings. The fraction of sp³-hybridized carbons (Fsp3) is 0.297. The Labute approximate surface area is 300 Å². The molecular formula is C37H32Cl2N2O8S. The van der Waals surface area contributed by atoms with Crippen LogP contribution in [0, 0.1) is 0 Å². The van der Waals surface area contributed by atoms with Gasteiger partial charge in [-0.2, -0.15) is 0 Å². The number of thiophene rings is 1. The minimum Gasteiger partial charge on any atom is -0.507 e. The number of aliphatic hydroxyl groups excluding tert-OH is 3. The molecule has 8 rings (SSSR count). The maximum absolute atomic E-state index is 14.2. The van der Waals surface area contributed by atoms with Crippen molar-refractivity contribution in [2.45, 2.75) is 36.4 Å². The van der Waals surface area contributed by atoms with Crippen LogP contribution >= 0.6 is 34.5 Å². The van der Waals surface area contributed by atoms with Crippen LogP contribution in [-0.2, 0) is 4.74 Å². The van der Waals surface area contributed by atoms with E-state index in [1.54, 1.807) is 34.1 Å². The van der Waals surface area contributed by atoms with Crippen LogP contribution in [-0.4, -0.2) is 88.3 Å². The number of benzene rings is 4. The number of alkyl halides is 2. The van der Waals surface area contributed by atoms with E-state index in [1.807, 2.05) is 48.5 Å². The summed E-state index contributed by atoms with van der Waals surface area (Å²) in [6.07, 6.45) is -5.48. The van der Waals surface area contributed by atoms with Gasteiger partial charge in [0, 0.05) is 59.6 Å². The van der Waals surface area contributed by atoms with E-state index in [9.17, 15) is 30.0 Å². The third-order valence-electron chi connectivity index (χ3n) is 9.86. The number of anilines is 2. The first-order valence-corrected chi connectivity index (χ1v) is 18.1. The number of halogens is 2. The molecule has 0 radical (unpaired) electrons. The lowest BCUT2D eigenvalue weighted by Crippen LogP contribution is -2.54. The molecule has 6 atom stereocenters. The Morgan fingerprint density at radius 2 is 1.28 bits per heavy atom. The molecule has 0 spiro atoms. The number of ether oxygens (including phenoxy) is 2. The van der Waals surface area contributed by atoms with Gasteiger partial charge in [0.2, 0.25) is 6.29 Å². The van der Waals surface area contributed by atoms with Gasteiger partial charge in [-0.25, -0.2) is 0 Å². The molecule has 0 saturated carbocycles. The number of fused-ring (bicyclic) bond motifs is 6. The highest BCUT2D eigenvalue weighted by Gasteiger charge is 2.41. The van der Waals surface area contributed by atoms with Gasteiger partial charge in [0.25, 0.3) is 11.8 Å². The maximum atomic E-state index is 14.2. The molecule has 5 aromatic rings. The second-order valence-corrected chi connectivity index (χ2v) is 14.5. The molecule has 1 fully saturated rings. The van der Waals surface area contributed by atoms with E-state index in [-0.39, 0.29) is 41.9 Å². The number of hydrogen-bond donors (Lipinski definition) is 4. The quantitative estimate of drug-likeness (QED) is 0.167. The fourth-order valence-electron chi connectivity index (χ4n) is 7.42. The van der Waals surface area contributed by atoms with Crippen LogP contribution in [0.15, 0.2) is 72.8 Å². The van der Waals surface area contributed by atoms with E-state index in [1.165, 1.54) is 0 Å². The molecule has 1 aromatic heterocycles. The predicted octanol–water partition coefficient (Wildman–Crippen LogP) is 5.54. The van der Waals surface area contributed by atoms with Gasteiger partial charge in [-0.05, 0) is 34.0 Å². The van der Waals surface area contributed by atoms with Crippen LogP contribution in [0.4, 0.5) is 11.4 Å². The van der Waals surface area contributed by atoms with Crippen molar-refractivity contribution >= 4 is 79.3 Å². The largest absolute Gasteiger partial charge is 0.507 e.